The molecule has 5 nitrogen and oxygen atoms in total. The quantitative estimate of drug-likeness (QED) is 0.341. The van der Waals surface area contributed by atoms with Gasteiger partial charge in [-0.15, -0.1) is 0 Å². The Labute approximate surface area is 201 Å². The Hall–Kier alpha value is -3.45. The lowest BCUT2D eigenvalue weighted by Crippen LogP contribution is -2.46. The summed E-state index contributed by atoms with van der Waals surface area (Å²) in [5, 5.41) is 8.44. The first-order valence-corrected chi connectivity index (χ1v) is 11.2. The minimum atomic E-state index is -2.03. The summed E-state index contributed by atoms with van der Waals surface area (Å²) >= 11 is 6.19. The standard InChI is InChI=1S/C26H24ClF2N3O2/c1-16(31-25(33)26(2,3)29)24(17-5-4-6-19(27)13-17)34-22-11-12-23-18(14-22)15-30-32(23)21-9-7-20(28)8-10-21/h4-16,24H,1-3H3,(H,31,33)/t16-,24+/m0/s1. The van der Waals surface area contributed by atoms with Crippen LogP contribution in [0.4, 0.5) is 8.78 Å². The zero-order chi connectivity index (χ0) is 24.5. The van der Waals surface area contributed by atoms with Gasteiger partial charge in [-0.1, -0.05) is 23.7 Å². The van der Waals surface area contributed by atoms with Crippen molar-refractivity contribution in [3.63, 3.8) is 0 Å². The van der Waals surface area contributed by atoms with E-state index in [0.29, 0.717) is 10.8 Å². The SMILES string of the molecule is C[C@H](NC(=O)C(C)(C)F)[C@@H](Oc1ccc2c(cnn2-c2ccc(F)cc2)c1)c1cccc(Cl)c1. The van der Waals surface area contributed by atoms with Crippen LogP contribution in [0.3, 0.4) is 0 Å². The van der Waals surface area contributed by atoms with Crippen LogP contribution in [0.5, 0.6) is 5.75 Å². The molecule has 1 heterocycles. The van der Waals surface area contributed by atoms with E-state index in [-0.39, 0.29) is 5.82 Å². The highest BCUT2D eigenvalue weighted by atomic mass is 35.5. The van der Waals surface area contributed by atoms with Crippen molar-refractivity contribution in [2.45, 2.75) is 38.6 Å². The molecule has 1 aromatic heterocycles. The molecule has 1 N–H and O–H groups in total. The molecule has 0 unspecified atom stereocenters. The lowest BCUT2D eigenvalue weighted by Gasteiger charge is -2.28. The number of aromatic nitrogens is 2. The molecule has 0 radical (unpaired) electrons. The topological polar surface area (TPSA) is 56.1 Å². The second kappa shape index (κ2) is 9.43. The summed E-state index contributed by atoms with van der Waals surface area (Å²) in [6.07, 6.45) is 1.06. The molecule has 0 saturated heterocycles. The number of hydrogen-bond acceptors (Lipinski definition) is 3. The number of nitrogens with one attached hydrogen (secondary N) is 1. The number of nitrogens with zero attached hydrogens (tertiary/aromatic N) is 2. The van der Waals surface area contributed by atoms with Crippen molar-refractivity contribution >= 4 is 28.4 Å². The van der Waals surface area contributed by atoms with Crippen LogP contribution in [-0.4, -0.2) is 27.4 Å². The van der Waals surface area contributed by atoms with E-state index < -0.39 is 23.7 Å². The zero-order valence-corrected chi connectivity index (χ0v) is 19.7. The fourth-order valence-electron chi connectivity index (χ4n) is 3.62. The third-order valence-electron chi connectivity index (χ3n) is 5.40. The predicted molar refractivity (Wildman–Crippen MR) is 129 cm³/mol. The van der Waals surface area contributed by atoms with Gasteiger partial charge in [-0.05, 0) is 80.9 Å². The lowest BCUT2D eigenvalue weighted by atomic mass is 10.0. The summed E-state index contributed by atoms with van der Waals surface area (Å²) in [7, 11) is 0. The van der Waals surface area contributed by atoms with Gasteiger partial charge >= 0.3 is 0 Å². The summed E-state index contributed by atoms with van der Waals surface area (Å²) in [4.78, 5) is 12.3. The zero-order valence-electron chi connectivity index (χ0n) is 18.9. The van der Waals surface area contributed by atoms with Crippen LogP contribution >= 0.6 is 11.6 Å². The van der Waals surface area contributed by atoms with E-state index in [2.05, 4.69) is 10.4 Å². The van der Waals surface area contributed by atoms with Crippen LogP contribution in [0.15, 0.2) is 72.9 Å². The maximum absolute atomic E-state index is 14.1. The van der Waals surface area contributed by atoms with Crippen molar-refractivity contribution in [1.82, 2.24) is 15.1 Å². The van der Waals surface area contributed by atoms with Crippen LogP contribution in [0.2, 0.25) is 5.02 Å². The first-order chi connectivity index (χ1) is 16.1. The Bertz CT molecular complexity index is 1320. The molecule has 2 atom stereocenters. The number of hydrogen-bond donors (Lipinski definition) is 1. The first kappa shape index (κ1) is 23.7. The Morgan fingerprint density at radius 2 is 1.85 bits per heavy atom. The summed E-state index contributed by atoms with van der Waals surface area (Å²) in [5.74, 6) is -0.510. The predicted octanol–water partition coefficient (Wildman–Crippen LogP) is 6.19. The number of alkyl halides is 1. The van der Waals surface area contributed by atoms with Gasteiger partial charge in [-0.25, -0.2) is 13.5 Å². The van der Waals surface area contributed by atoms with Crippen LogP contribution in [-0.2, 0) is 4.79 Å². The molecule has 0 fully saturated rings. The second-order valence-electron chi connectivity index (χ2n) is 8.58. The van der Waals surface area contributed by atoms with Gasteiger partial charge in [0.15, 0.2) is 5.67 Å². The van der Waals surface area contributed by atoms with Crippen molar-refractivity contribution in [3.05, 3.63) is 89.3 Å². The van der Waals surface area contributed by atoms with Crippen molar-refractivity contribution in [3.8, 4) is 11.4 Å². The van der Waals surface area contributed by atoms with Gasteiger partial charge in [0.25, 0.3) is 5.91 Å². The van der Waals surface area contributed by atoms with Gasteiger partial charge in [-0.3, -0.25) is 4.79 Å². The minimum Gasteiger partial charge on any atom is -0.484 e. The summed E-state index contributed by atoms with van der Waals surface area (Å²) in [5.41, 5.74) is 0.256. The molecular weight excluding hydrogens is 460 g/mol. The average Bonchev–Trinajstić information content (AvgIpc) is 3.20. The molecule has 34 heavy (non-hydrogen) atoms. The van der Waals surface area contributed by atoms with Gasteiger partial charge < -0.3 is 10.1 Å². The lowest BCUT2D eigenvalue weighted by molar-refractivity contribution is -0.132. The minimum absolute atomic E-state index is 0.319. The first-order valence-electron chi connectivity index (χ1n) is 10.8. The van der Waals surface area contributed by atoms with Crippen LogP contribution in [0, 0.1) is 5.82 Å². The largest absolute Gasteiger partial charge is 0.484 e. The molecule has 0 aliphatic rings. The Kier molecular flexibility index (Phi) is 6.57. The van der Waals surface area contributed by atoms with Crippen LogP contribution in [0.1, 0.15) is 32.4 Å². The Balaban J connectivity index is 1.64. The van der Waals surface area contributed by atoms with Gasteiger partial charge in [0.2, 0.25) is 0 Å². The number of carbonyl (C=O) groups is 1. The van der Waals surface area contributed by atoms with Crippen molar-refractivity contribution in [2.75, 3.05) is 0 Å². The smallest absolute Gasteiger partial charge is 0.257 e. The van der Waals surface area contributed by atoms with Gasteiger partial charge in [0.1, 0.15) is 17.7 Å². The van der Waals surface area contributed by atoms with Gasteiger partial charge in [0, 0.05) is 10.4 Å². The molecule has 0 bridgehead atoms. The Morgan fingerprint density at radius 1 is 1.12 bits per heavy atom. The molecule has 176 valence electrons. The van der Waals surface area contributed by atoms with E-state index >= 15 is 0 Å². The molecule has 4 rings (SSSR count). The second-order valence-corrected chi connectivity index (χ2v) is 9.02. The molecule has 3 aromatic carbocycles. The number of amides is 1. The average molecular weight is 484 g/mol. The van der Waals surface area contributed by atoms with E-state index in [1.807, 2.05) is 18.2 Å². The van der Waals surface area contributed by atoms with E-state index in [9.17, 15) is 13.6 Å². The highest BCUT2D eigenvalue weighted by molar-refractivity contribution is 6.30. The van der Waals surface area contributed by atoms with Crippen LogP contribution in [0.25, 0.3) is 16.6 Å². The monoisotopic (exact) mass is 483 g/mol. The molecule has 0 saturated carbocycles. The third kappa shape index (κ3) is 5.20. The van der Waals surface area contributed by atoms with E-state index in [4.69, 9.17) is 16.3 Å². The number of halogens is 3. The molecule has 8 heteroatoms. The normalized spacial score (nSPS) is 13.5. The van der Waals surface area contributed by atoms with Crippen molar-refractivity contribution in [2.24, 2.45) is 0 Å². The number of carbonyl (C=O) groups excluding carboxylic acids is 1. The van der Waals surface area contributed by atoms with Crippen molar-refractivity contribution in [1.29, 1.82) is 0 Å². The maximum atomic E-state index is 14.1. The Morgan fingerprint density at radius 3 is 2.53 bits per heavy atom. The molecular formula is C26H24ClF2N3O2. The fraction of sp³-hybridized carbons (Fsp3) is 0.231. The number of rotatable bonds is 7. The number of ether oxygens (including phenoxy) is 1. The highest BCUT2D eigenvalue weighted by Gasteiger charge is 2.31. The van der Waals surface area contributed by atoms with E-state index in [1.165, 1.54) is 26.0 Å². The summed E-state index contributed by atoms with van der Waals surface area (Å²) in [6, 6.07) is 18.1. The molecule has 0 aliphatic heterocycles. The molecule has 1 amide bonds. The summed E-state index contributed by atoms with van der Waals surface area (Å²) in [6.45, 7) is 4.16. The third-order valence-corrected chi connectivity index (χ3v) is 5.64. The maximum Gasteiger partial charge on any atom is 0.257 e. The van der Waals surface area contributed by atoms with Gasteiger partial charge in [-0.2, -0.15) is 5.10 Å². The van der Waals surface area contributed by atoms with Crippen molar-refractivity contribution < 1.29 is 18.3 Å². The molecule has 0 spiro atoms. The molecule has 0 aliphatic carbocycles. The molecule has 4 aromatic rings. The fourth-order valence-corrected chi connectivity index (χ4v) is 3.81. The summed E-state index contributed by atoms with van der Waals surface area (Å²) < 4.78 is 35.4. The van der Waals surface area contributed by atoms with E-state index in [1.54, 1.807) is 54.2 Å². The highest BCUT2D eigenvalue weighted by Crippen LogP contribution is 2.30. The van der Waals surface area contributed by atoms with E-state index in [0.717, 1.165) is 22.2 Å². The number of fused-ring (bicyclic) bond motifs is 1. The van der Waals surface area contributed by atoms with Crippen LogP contribution < -0.4 is 10.1 Å². The number of benzene rings is 3. The van der Waals surface area contributed by atoms with Gasteiger partial charge in [0.05, 0.1) is 23.4 Å².